The lowest BCUT2D eigenvalue weighted by molar-refractivity contribution is -0.276. The summed E-state index contributed by atoms with van der Waals surface area (Å²) in [7, 11) is 0. The highest BCUT2D eigenvalue weighted by molar-refractivity contribution is 5.32. The van der Waals surface area contributed by atoms with E-state index in [1.165, 1.54) is 0 Å². The third-order valence-electron chi connectivity index (χ3n) is 3.57. The van der Waals surface area contributed by atoms with E-state index in [1.54, 1.807) is 24.3 Å². The molecule has 0 fully saturated rings. The lowest BCUT2D eigenvalue weighted by Crippen LogP contribution is -2.24. The molecule has 2 aromatic rings. The molecule has 0 N–H and O–H groups in total. The van der Waals surface area contributed by atoms with Crippen LogP contribution in [0.15, 0.2) is 36.4 Å². The monoisotopic (exact) mass is 396 g/mol. The van der Waals surface area contributed by atoms with Gasteiger partial charge in [-0.3, -0.25) is 0 Å². The molecular weight excluding hydrogens is 381 g/mol. The summed E-state index contributed by atoms with van der Waals surface area (Å²) in [6.45, 7) is 1.49. The van der Waals surface area contributed by atoms with Crippen molar-refractivity contribution in [3.05, 3.63) is 64.7 Å². The van der Waals surface area contributed by atoms with Crippen molar-refractivity contribution in [1.82, 2.24) is 0 Å². The SMILES string of the molecule is CCc1ccc(COC(F)(F)Cc2cc(F)c(OC(F)(F)F)c(F)c2)cc1. The predicted molar refractivity (Wildman–Crippen MR) is 82.3 cm³/mol. The van der Waals surface area contributed by atoms with Crippen molar-refractivity contribution in [3.8, 4) is 5.75 Å². The second kappa shape index (κ2) is 8.16. The Labute approximate surface area is 150 Å². The third kappa shape index (κ3) is 6.42. The summed E-state index contributed by atoms with van der Waals surface area (Å²) in [5.74, 6) is -5.19. The molecular formula is C18H15F7O2. The van der Waals surface area contributed by atoms with Crippen LogP contribution in [-0.2, 0) is 24.2 Å². The molecule has 148 valence electrons. The summed E-state index contributed by atoms with van der Waals surface area (Å²) in [6.07, 6.45) is -9.54. The van der Waals surface area contributed by atoms with E-state index in [4.69, 9.17) is 0 Å². The van der Waals surface area contributed by atoms with Crippen molar-refractivity contribution in [2.75, 3.05) is 0 Å². The molecule has 27 heavy (non-hydrogen) atoms. The highest BCUT2D eigenvalue weighted by Crippen LogP contribution is 2.31. The Bertz CT molecular complexity index is 747. The van der Waals surface area contributed by atoms with Crippen LogP contribution < -0.4 is 4.74 Å². The fourth-order valence-corrected chi connectivity index (χ4v) is 2.28. The van der Waals surface area contributed by atoms with Crippen LogP contribution in [0, 0.1) is 11.6 Å². The molecule has 0 aliphatic rings. The molecule has 0 aliphatic heterocycles. The fourth-order valence-electron chi connectivity index (χ4n) is 2.28. The summed E-state index contributed by atoms with van der Waals surface area (Å²) in [5, 5.41) is 0. The number of ether oxygens (including phenoxy) is 2. The van der Waals surface area contributed by atoms with Gasteiger partial charge >= 0.3 is 12.5 Å². The van der Waals surface area contributed by atoms with Crippen LogP contribution in [0.1, 0.15) is 23.6 Å². The largest absolute Gasteiger partial charge is 0.573 e. The van der Waals surface area contributed by atoms with Gasteiger partial charge < -0.3 is 9.47 Å². The molecule has 0 radical (unpaired) electrons. The van der Waals surface area contributed by atoms with Gasteiger partial charge in [0.2, 0.25) is 5.75 Å². The van der Waals surface area contributed by atoms with Crippen molar-refractivity contribution >= 4 is 0 Å². The van der Waals surface area contributed by atoms with E-state index in [1.807, 2.05) is 6.92 Å². The van der Waals surface area contributed by atoms with Crippen LogP contribution in [0.5, 0.6) is 5.75 Å². The second-order valence-corrected chi connectivity index (χ2v) is 5.71. The Kier molecular flexibility index (Phi) is 6.35. The molecule has 9 heteroatoms. The molecule has 0 saturated carbocycles. The minimum absolute atomic E-state index is 0.345. The Hall–Kier alpha value is -2.29. The zero-order valence-corrected chi connectivity index (χ0v) is 14.0. The normalized spacial score (nSPS) is 12.3. The van der Waals surface area contributed by atoms with Crippen molar-refractivity contribution in [1.29, 1.82) is 0 Å². The van der Waals surface area contributed by atoms with Crippen LogP contribution in [-0.4, -0.2) is 12.5 Å². The topological polar surface area (TPSA) is 18.5 Å². The average Bonchev–Trinajstić information content (AvgIpc) is 2.56. The van der Waals surface area contributed by atoms with E-state index >= 15 is 0 Å². The molecule has 0 spiro atoms. The minimum Gasteiger partial charge on any atom is -0.399 e. The van der Waals surface area contributed by atoms with Crippen LogP contribution in [0.4, 0.5) is 30.7 Å². The third-order valence-corrected chi connectivity index (χ3v) is 3.57. The Balaban J connectivity index is 2.05. The smallest absolute Gasteiger partial charge is 0.399 e. The van der Waals surface area contributed by atoms with Crippen LogP contribution in [0.3, 0.4) is 0 Å². The van der Waals surface area contributed by atoms with E-state index in [0.717, 1.165) is 12.0 Å². The van der Waals surface area contributed by atoms with Gasteiger partial charge in [-0.2, -0.15) is 8.78 Å². The number of rotatable bonds is 7. The van der Waals surface area contributed by atoms with Crippen LogP contribution in [0.25, 0.3) is 0 Å². The number of halogens is 7. The van der Waals surface area contributed by atoms with Crippen molar-refractivity contribution in [2.24, 2.45) is 0 Å². The van der Waals surface area contributed by atoms with Gasteiger partial charge in [0, 0.05) is 0 Å². The second-order valence-electron chi connectivity index (χ2n) is 5.71. The number of hydrogen-bond acceptors (Lipinski definition) is 2. The molecule has 0 heterocycles. The first kappa shape index (κ1) is 21.0. The summed E-state index contributed by atoms with van der Waals surface area (Å²) < 4.78 is 98.9. The molecule has 2 rings (SSSR count). The molecule has 0 aliphatic carbocycles. The Morgan fingerprint density at radius 2 is 1.33 bits per heavy atom. The molecule has 2 aromatic carbocycles. The zero-order chi connectivity index (χ0) is 20.2. The number of hydrogen-bond donors (Lipinski definition) is 0. The quantitative estimate of drug-likeness (QED) is 0.553. The Morgan fingerprint density at radius 1 is 0.815 bits per heavy atom. The zero-order valence-electron chi connectivity index (χ0n) is 14.0. The molecule has 0 amide bonds. The molecule has 0 aromatic heterocycles. The highest BCUT2D eigenvalue weighted by Gasteiger charge is 2.35. The molecule has 2 nitrogen and oxygen atoms in total. The van der Waals surface area contributed by atoms with E-state index in [0.29, 0.717) is 17.7 Å². The first-order valence-electron chi connectivity index (χ1n) is 7.82. The maximum Gasteiger partial charge on any atom is 0.573 e. The maximum atomic E-state index is 13.9. The van der Waals surface area contributed by atoms with Gasteiger partial charge in [0.1, 0.15) is 0 Å². The average molecular weight is 396 g/mol. The Morgan fingerprint density at radius 3 is 1.81 bits per heavy atom. The van der Waals surface area contributed by atoms with Gasteiger partial charge in [0.15, 0.2) is 11.6 Å². The van der Waals surface area contributed by atoms with Gasteiger partial charge in [-0.15, -0.1) is 13.2 Å². The van der Waals surface area contributed by atoms with Crippen LogP contribution in [0.2, 0.25) is 0 Å². The summed E-state index contributed by atoms with van der Waals surface area (Å²) >= 11 is 0. The van der Waals surface area contributed by atoms with Gasteiger partial charge in [-0.1, -0.05) is 31.2 Å². The fraction of sp³-hybridized carbons (Fsp3) is 0.333. The standard InChI is InChI=1S/C18H15F7O2/c1-2-11-3-5-12(6-4-11)10-26-17(21,22)9-13-7-14(19)16(15(20)8-13)27-18(23,24)25/h3-8H,2,9-10H2,1H3. The lowest BCUT2D eigenvalue weighted by atomic mass is 10.1. The molecule has 0 bridgehead atoms. The van der Waals surface area contributed by atoms with E-state index < -0.39 is 48.4 Å². The number of benzene rings is 2. The van der Waals surface area contributed by atoms with E-state index in [-0.39, 0.29) is 0 Å². The molecule has 0 saturated heterocycles. The van der Waals surface area contributed by atoms with Gasteiger partial charge in [0.05, 0.1) is 13.0 Å². The summed E-state index contributed by atoms with van der Waals surface area (Å²) in [4.78, 5) is 0. The van der Waals surface area contributed by atoms with Crippen LogP contribution >= 0.6 is 0 Å². The van der Waals surface area contributed by atoms with Crippen molar-refractivity contribution < 1.29 is 40.2 Å². The first-order valence-corrected chi connectivity index (χ1v) is 7.82. The van der Waals surface area contributed by atoms with Crippen molar-refractivity contribution in [3.63, 3.8) is 0 Å². The highest BCUT2D eigenvalue weighted by atomic mass is 19.4. The maximum absolute atomic E-state index is 13.9. The van der Waals surface area contributed by atoms with Gasteiger partial charge in [-0.05, 0) is 35.2 Å². The number of alkyl halides is 5. The van der Waals surface area contributed by atoms with E-state index in [9.17, 15) is 30.7 Å². The number of aryl methyl sites for hydroxylation is 1. The first-order chi connectivity index (χ1) is 12.5. The molecule has 0 unspecified atom stereocenters. The minimum atomic E-state index is -5.32. The van der Waals surface area contributed by atoms with Gasteiger partial charge in [0.25, 0.3) is 0 Å². The molecule has 0 atom stereocenters. The summed E-state index contributed by atoms with van der Waals surface area (Å²) in [5.41, 5.74) is 0.904. The lowest BCUT2D eigenvalue weighted by Gasteiger charge is -2.18. The van der Waals surface area contributed by atoms with Gasteiger partial charge in [-0.25, -0.2) is 8.78 Å². The van der Waals surface area contributed by atoms with Crippen molar-refractivity contribution in [2.45, 2.75) is 38.8 Å². The van der Waals surface area contributed by atoms with E-state index in [2.05, 4.69) is 9.47 Å². The summed E-state index contributed by atoms with van der Waals surface area (Å²) in [6, 6.07) is 7.41. The predicted octanol–water partition coefficient (Wildman–Crippen LogP) is 5.78.